The molecular formula is C27H34N2O7. The number of hydrogen-bond acceptors (Lipinski definition) is 6. The highest BCUT2D eigenvalue weighted by Gasteiger charge is 2.29. The van der Waals surface area contributed by atoms with Crippen LogP contribution in [-0.2, 0) is 16.0 Å². The van der Waals surface area contributed by atoms with E-state index in [9.17, 15) is 5.11 Å². The number of likely N-dealkylation sites (tertiary alicyclic amines) is 1. The molecule has 3 aromatic rings. The van der Waals surface area contributed by atoms with Gasteiger partial charge in [-0.05, 0) is 55.8 Å². The minimum atomic E-state index is -1.82. The molecule has 2 unspecified atom stereocenters. The average molecular weight is 499 g/mol. The zero-order chi connectivity index (χ0) is 26.2. The summed E-state index contributed by atoms with van der Waals surface area (Å²) in [5.41, 5.74) is 4.96. The highest BCUT2D eigenvalue weighted by Crippen LogP contribution is 2.36. The van der Waals surface area contributed by atoms with E-state index >= 15 is 0 Å². The first-order valence-electron chi connectivity index (χ1n) is 11.9. The number of benzene rings is 2. The summed E-state index contributed by atoms with van der Waals surface area (Å²) in [6, 6.07) is 15.0. The van der Waals surface area contributed by atoms with Gasteiger partial charge < -0.3 is 29.8 Å². The van der Waals surface area contributed by atoms with Crippen molar-refractivity contribution in [2.45, 2.75) is 38.1 Å². The van der Waals surface area contributed by atoms with Crippen LogP contribution in [0.3, 0.4) is 0 Å². The molecule has 1 aromatic heterocycles. The summed E-state index contributed by atoms with van der Waals surface area (Å²) in [6.07, 6.45) is 3.09. The number of ether oxygens (including phenoxy) is 2. The van der Waals surface area contributed by atoms with E-state index < -0.39 is 11.9 Å². The van der Waals surface area contributed by atoms with Crippen LogP contribution in [0.1, 0.15) is 35.6 Å². The Labute approximate surface area is 210 Å². The number of aromatic nitrogens is 1. The largest absolute Gasteiger partial charge is 0.493 e. The third kappa shape index (κ3) is 6.35. The first-order chi connectivity index (χ1) is 17.3. The number of aliphatic carboxylic acids is 2. The van der Waals surface area contributed by atoms with E-state index in [1.165, 1.54) is 22.2 Å². The molecular weight excluding hydrogens is 464 g/mol. The molecule has 4 rings (SSSR count). The predicted molar refractivity (Wildman–Crippen MR) is 136 cm³/mol. The summed E-state index contributed by atoms with van der Waals surface area (Å²) in [5, 5.41) is 26.0. The van der Waals surface area contributed by atoms with Gasteiger partial charge in [-0.25, -0.2) is 9.59 Å². The van der Waals surface area contributed by atoms with Gasteiger partial charge in [0.25, 0.3) is 0 Å². The van der Waals surface area contributed by atoms with Crippen molar-refractivity contribution in [2.75, 3.05) is 33.9 Å². The van der Waals surface area contributed by atoms with Crippen molar-refractivity contribution in [2.24, 2.45) is 0 Å². The Bertz CT molecular complexity index is 1160. The van der Waals surface area contributed by atoms with Crippen molar-refractivity contribution in [3.63, 3.8) is 0 Å². The monoisotopic (exact) mass is 498 g/mol. The van der Waals surface area contributed by atoms with Gasteiger partial charge in [-0.3, -0.25) is 4.90 Å². The molecule has 1 fully saturated rings. The van der Waals surface area contributed by atoms with Gasteiger partial charge in [0.1, 0.15) is 0 Å². The van der Waals surface area contributed by atoms with Crippen LogP contribution in [0.15, 0.2) is 42.5 Å². The second-order valence-corrected chi connectivity index (χ2v) is 8.85. The van der Waals surface area contributed by atoms with Crippen molar-refractivity contribution in [1.82, 2.24) is 9.88 Å². The normalized spacial score (nSPS) is 17.8. The number of carboxylic acid groups (broad SMARTS) is 2. The number of aliphatic hydroxyl groups excluding tert-OH is 1. The molecule has 4 N–H and O–H groups in total. The van der Waals surface area contributed by atoms with Crippen molar-refractivity contribution >= 4 is 22.8 Å². The number of nitrogens with zero attached hydrogens (tertiary/aromatic N) is 1. The molecule has 9 nitrogen and oxygen atoms in total. The summed E-state index contributed by atoms with van der Waals surface area (Å²) in [7, 11) is 3.33. The van der Waals surface area contributed by atoms with Crippen LogP contribution >= 0.6 is 0 Å². The first kappa shape index (κ1) is 27.0. The Kier molecular flexibility index (Phi) is 9.32. The lowest BCUT2D eigenvalue weighted by Crippen LogP contribution is -2.45. The number of carbonyl (C=O) groups is 2. The fraction of sp³-hybridized carbons (Fsp3) is 0.407. The molecule has 0 saturated carbocycles. The molecule has 1 saturated heterocycles. The number of nitrogens with one attached hydrogen (secondary N) is 1. The number of hydrogen-bond donors (Lipinski definition) is 4. The highest BCUT2D eigenvalue weighted by atomic mass is 16.5. The van der Waals surface area contributed by atoms with Gasteiger partial charge in [0.2, 0.25) is 0 Å². The van der Waals surface area contributed by atoms with Gasteiger partial charge in [0.15, 0.2) is 11.5 Å². The van der Waals surface area contributed by atoms with E-state index in [1.807, 2.05) is 6.07 Å². The molecule has 0 bridgehead atoms. The second kappa shape index (κ2) is 12.4. The molecule has 0 radical (unpaired) electrons. The van der Waals surface area contributed by atoms with Crippen LogP contribution in [0, 0.1) is 6.92 Å². The number of piperidine rings is 1. The topological polar surface area (TPSA) is 132 Å². The molecule has 0 aliphatic carbocycles. The molecule has 2 aromatic carbocycles. The van der Waals surface area contributed by atoms with Crippen LogP contribution in [-0.4, -0.2) is 77.1 Å². The number of H-pyrrole nitrogens is 1. The molecule has 2 heterocycles. The Morgan fingerprint density at radius 2 is 1.69 bits per heavy atom. The van der Waals surface area contributed by atoms with E-state index in [4.69, 9.17) is 29.3 Å². The Morgan fingerprint density at radius 3 is 2.28 bits per heavy atom. The van der Waals surface area contributed by atoms with Crippen LogP contribution in [0.25, 0.3) is 10.9 Å². The van der Waals surface area contributed by atoms with Crippen molar-refractivity contribution in [3.8, 4) is 11.5 Å². The van der Waals surface area contributed by atoms with Crippen molar-refractivity contribution in [3.05, 3.63) is 59.3 Å². The summed E-state index contributed by atoms with van der Waals surface area (Å²) in [6.45, 7) is 4.29. The van der Waals surface area contributed by atoms with Gasteiger partial charge in [0, 0.05) is 35.2 Å². The first-order valence-corrected chi connectivity index (χ1v) is 11.9. The van der Waals surface area contributed by atoms with E-state index in [0.717, 1.165) is 49.4 Å². The van der Waals surface area contributed by atoms with E-state index in [1.54, 1.807) is 14.2 Å². The molecule has 36 heavy (non-hydrogen) atoms. The van der Waals surface area contributed by atoms with Crippen molar-refractivity contribution in [1.29, 1.82) is 0 Å². The van der Waals surface area contributed by atoms with E-state index in [0.29, 0.717) is 5.92 Å². The Hall–Kier alpha value is -3.56. The number of aromatic amines is 1. The molecule has 194 valence electrons. The molecule has 1 aliphatic heterocycles. The summed E-state index contributed by atoms with van der Waals surface area (Å²) < 4.78 is 11.0. The fourth-order valence-corrected chi connectivity index (χ4v) is 4.90. The second-order valence-electron chi connectivity index (χ2n) is 8.85. The van der Waals surface area contributed by atoms with Crippen molar-refractivity contribution < 1.29 is 34.4 Å². The van der Waals surface area contributed by atoms with E-state index in [2.05, 4.69) is 53.2 Å². The maximum Gasteiger partial charge on any atom is 0.414 e. The number of aliphatic hydroxyl groups is 1. The molecule has 1 aliphatic rings. The lowest BCUT2D eigenvalue weighted by molar-refractivity contribution is -0.159. The third-order valence-electron chi connectivity index (χ3n) is 6.78. The van der Waals surface area contributed by atoms with Gasteiger partial charge in [0.05, 0.1) is 20.8 Å². The number of methoxy groups -OCH3 is 2. The lowest BCUT2D eigenvalue weighted by Gasteiger charge is -2.39. The maximum atomic E-state index is 10.1. The molecule has 9 heteroatoms. The number of carboxylic acids is 2. The lowest BCUT2D eigenvalue weighted by atomic mass is 9.85. The third-order valence-corrected chi connectivity index (χ3v) is 6.78. The number of aryl methyl sites for hydroxylation is 1. The summed E-state index contributed by atoms with van der Waals surface area (Å²) in [4.78, 5) is 24.1. The van der Waals surface area contributed by atoms with Gasteiger partial charge in [-0.15, -0.1) is 0 Å². The minimum absolute atomic E-state index is 0.210. The van der Waals surface area contributed by atoms with Crippen LogP contribution in [0.4, 0.5) is 0 Å². The smallest absolute Gasteiger partial charge is 0.414 e. The number of fused-ring (bicyclic) bond motifs is 1. The highest BCUT2D eigenvalue weighted by molar-refractivity contribution is 6.27. The van der Waals surface area contributed by atoms with Gasteiger partial charge >= 0.3 is 11.9 Å². The van der Waals surface area contributed by atoms with Gasteiger partial charge in [-0.2, -0.15) is 0 Å². The molecule has 0 amide bonds. The Balaban J connectivity index is 0.000000538. The van der Waals surface area contributed by atoms with Crippen LogP contribution < -0.4 is 9.47 Å². The standard InChI is InChI=1S/C25H32N2O3.C2H2O4/c1-17-21(22-14-24(29-2)25(30-3)15-23(22)26-17)10-12-27-11-9-19(13-20(27)16-28)18-7-5-4-6-8-18;3-1(4)2(5)6/h4-8,14-15,19-20,26,28H,9-13,16H2,1-3H3;(H,3,4)(H,5,6). The SMILES string of the molecule is COc1cc2[nH]c(C)c(CCN3CCC(c4ccccc4)CC3CO)c2cc1OC.O=C(O)C(=O)O. The fourth-order valence-electron chi connectivity index (χ4n) is 4.90. The van der Waals surface area contributed by atoms with Crippen LogP contribution in [0.2, 0.25) is 0 Å². The molecule has 2 atom stereocenters. The van der Waals surface area contributed by atoms with Crippen LogP contribution in [0.5, 0.6) is 11.5 Å². The minimum Gasteiger partial charge on any atom is -0.493 e. The van der Waals surface area contributed by atoms with E-state index in [-0.39, 0.29) is 12.6 Å². The zero-order valence-electron chi connectivity index (χ0n) is 20.9. The molecule has 0 spiro atoms. The van der Waals surface area contributed by atoms with Gasteiger partial charge in [-0.1, -0.05) is 30.3 Å². The number of rotatable bonds is 7. The quantitative estimate of drug-likeness (QED) is 0.364. The average Bonchev–Trinajstić information content (AvgIpc) is 3.20. The summed E-state index contributed by atoms with van der Waals surface area (Å²) in [5.74, 6) is -1.63. The Morgan fingerprint density at radius 1 is 1.06 bits per heavy atom. The maximum absolute atomic E-state index is 10.1. The summed E-state index contributed by atoms with van der Waals surface area (Å²) >= 11 is 0. The predicted octanol–water partition coefficient (Wildman–Crippen LogP) is 3.43. The zero-order valence-corrected chi connectivity index (χ0v) is 20.9.